The van der Waals surface area contributed by atoms with Gasteiger partial charge in [0.2, 0.25) is 0 Å². The van der Waals surface area contributed by atoms with Crippen molar-refractivity contribution in [3.8, 4) is 0 Å². The van der Waals surface area contributed by atoms with Crippen LogP contribution in [0.5, 0.6) is 0 Å². The zero-order valence-electron chi connectivity index (χ0n) is 6.80. The molecular weight excluding hydrogens is 286 g/mol. The predicted molar refractivity (Wildman–Crippen MR) is 54.5 cm³/mol. The zero-order valence-corrected chi connectivity index (χ0v) is 8.96. The van der Waals surface area contributed by atoms with Gasteiger partial charge in [0.05, 0.1) is 5.56 Å². The molecule has 2 nitrogen and oxygen atoms in total. The van der Waals surface area contributed by atoms with E-state index in [1.54, 1.807) is 0 Å². The van der Waals surface area contributed by atoms with Crippen molar-refractivity contribution in [2.45, 2.75) is 6.92 Å². The molecule has 1 aromatic rings. The van der Waals surface area contributed by atoms with E-state index in [-0.39, 0.29) is 16.9 Å². The lowest BCUT2D eigenvalue weighted by Gasteiger charge is -2.01. The Morgan fingerprint density at radius 1 is 1.54 bits per heavy atom. The second-order valence-electron chi connectivity index (χ2n) is 2.53. The molecule has 0 heterocycles. The number of hydrogen-bond acceptors (Lipinski definition) is 2. The minimum Gasteiger partial charge on any atom is -0.298 e. The molecule has 0 aliphatic heterocycles. The van der Waals surface area contributed by atoms with Crippen LogP contribution >= 0.6 is 22.6 Å². The Morgan fingerprint density at radius 3 is 2.62 bits per heavy atom. The van der Waals surface area contributed by atoms with Crippen LogP contribution in [-0.4, -0.2) is 12.1 Å². The van der Waals surface area contributed by atoms with Crippen LogP contribution in [0.25, 0.3) is 0 Å². The topological polar surface area (TPSA) is 34.1 Å². The van der Waals surface area contributed by atoms with Gasteiger partial charge in [0.15, 0.2) is 12.1 Å². The van der Waals surface area contributed by atoms with Gasteiger partial charge in [0.1, 0.15) is 5.82 Å². The minimum absolute atomic E-state index is 0.0231. The summed E-state index contributed by atoms with van der Waals surface area (Å²) in [5, 5.41) is 0. The maximum atomic E-state index is 13.1. The molecule has 0 fully saturated rings. The third kappa shape index (κ3) is 2.12. The van der Waals surface area contributed by atoms with Gasteiger partial charge in [-0.05, 0) is 41.6 Å². The van der Waals surface area contributed by atoms with E-state index in [0.717, 1.165) is 6.07 Å². The number of carbonyl (C=O) groups excluding carboxylic acids is 2. The van der Waals surface area contributed by atoms with Crippen molar-refractivity contribution in [1.82, 2.24) is 0 Å². The third-order valence-corrected chi connectivity index (χ3v) is 2.53. The van der Waals surface area contributed by atoms with E-state index in [1.807, 2.05) is 22.6 Å². The first-order valence-electron chi connectivity index (χ1n) is 3.51. The molecule has 0 aliphatic carbocycles. The fourth-order valence-corrected chi connectivity index (χ4v) is 1.52. The van der Waals surface area contributed by atoms with Crippen LogP contribution in [0.3, 0.4) is 0 Å². The first-order chi connectivity index (χ1) is 6.06. The molecule has 68 valence electrons. The number of carbonyl (C=O) groups is 2. The second kappa shape index (κ2) is 3.95. The van der Waals surface area contributed by atoms with Crippen LogP contribution in [0.1, 0.15) is 27.6 Å². The van der Waals surface area contributed by atoms with Crippen molar-refractivity contribution in [2.75, 3.05) is 0 Å². The number of benzene rings is 1. The average molecular weight is 292 g/mol. The molecule has 1 rings (SSSR count). The van der Waals surface area contributed by atoms with Crippen LogP contribution in [-0.2, 0) is 0 Å². The lowest BCUT2D eigenvalue weighted by Crippen LogP contribution is -2.00. The minimum atomic E-state index is -0.644. The molecule has 0 amide bonds. The number of hydrogen-bond donors (Lipinski definition) is 0. The highest BCUT2D eigenvalue weighted by atomic mass is 127. The van der Waals surface area contributed by atoms with Crippen LogP contribution in [0.2, 0.25) is 0 Å². The molecule has 0 unspecified atom stereocenters. The number of rotatable bonds is 2. The van der Waals surface area contributed by atoms with E-state index in [9.17, 15) is 14.0 Å². The zero-order chi connectivity index (χ0) is 10.0. The second-order valence-corrected chi connectivity index (χ2v) is 3.69. The highest BCUT2D eigenvalue weighted by molar-refractivity contribution is 14.1. The van der Waals surface area contributed by atoms with Crippen LogP contribution in [0.15, 0.2) is 12.1 Å². The molecule has 0 atom stereocenters. The van der Waals surface area contributed by atoms with Crippen LogP contribution in [0.4, 0.5) is 4.39 Å². The molecule has 13 heavy (non-hydrogen) atoms. The molecule has 0 N–H and O–H groups in total. The summed E-state index contributed by atoms with van der Waals surface area (Å²) < 4.78 is 13.7. The molecular formula is C9H6FIO2. The van der Waals surface area contributed by atoms with Gasteiger partial charge >= 0.3 is 0 Å². The third-order valence-electron chi connectivity index (χ3n) is 1.59. The Bertz CT molecular complexity index is 374. The van der Waals surface area contributed by atoms with Crippen LogP contribution in [0, 0.1) is 9.39 Å². The molecule has 0 aromatic heterocycles. The number of ketones is 1. The molecule has 0 radical (unpaired) electrons. The summed E-state index contributed by atoms with van der Waals surface area (Å²) in [5.74, 6) is -0.983. The Kier molecular flexibility index (Phi) is 3.13. The number of halogens is 2. The Hall–Kier alpha value is -0.780. The Morgan fingerprint density at radius 2 is 2.15 bits per heavy atom. The summed E-state index contributed by atoms with van der Waals surface area (Å²) >= 11 is 1.89. The molecule has 0 aliphatic rings. The van der Waals surface area contributed by atoms with E-state index in [4.69, 9.17) is 0 Å². The van der Waals surface area contributed by atoms with Gasteiger partial charge in [0.25, 0.3) is 0 Å². The predicted octanol–water partition coefficient (Wildman–Crippen LogP) is 2.45. The standard InChI is InChI=1S/C9H6FIO2/c1-5(13)7-3-9(11)6(4-12)2-8(7)10/h2-4H,1H3. The van der Waals surface area contributed by atoms with Gasteiger partial charge < -0.3 is 0 Å². The van der Waals surface area contributed by atoms with Gasteiger partial charge in [-0.2, -0.15) is 0 Å². The lowest BCUT2D eigenvalue weighted by molar-refractivity contribution is 0.101. The summed E-state index contributed by atoms with van der Waals surface area (Å²) in [5.41, 5.74) is 0.290. The fourth-order valence-electron chi connectivity index (χ4n) is 0.922. The molecule has 0 spiro atoms. The van der Waals surface area contributed by atoms with Crippen molar-refractivity contribution < 1.29 is 14.0 Å². The molecule has 1 aromatic carbocycles. The van der Waals surface area contributed by atoms with E-state index in [0.29, 0.717) is 9.86 Å². The van der Waals surface area contributed by atoms with Crippen molar-refractivity contribution in [2.24, 2.45) is 0 Å². The van der Waals surface area contributed by atoms with Gasteiger partial charge in [-0.3, -0.25) is 9.59 Å². The van der Waals surface area contributed by atoms with Crippen molar-refractivity contribution in [1.29, 1.82) is 0 Å². The Labute approximate surface area is 88.3 Å². The fraction of sp³-hybridized carbons (Fsp3) is 0.111. The largest absolute Gasteiger partial charge is 0.298 e. The van der Waals surface area contributed by atoms with Crippen molar-refractivity contribution in [3.05, 3.63) is 32.6 Å². The van der Waals surface area contributed by atoms with Gasteiger partial charge in [-0.25, -0.2) is 4.39 Å². The number of Topliss-reactive ketones (excluding diaryl/α,β-unsaturated/α-hetero) is 1. The SMILES string of the molecule is CC(=O)c1cc(I)c(C=O)cc1F. The summed E-state index contributed by atoms with van der Waals surface area (Å²) in [6.45, 7) is 1.29. The smallest absolute Gasteiger partial charge is 0.162 e. The van der Waals surface area contributed by atoms with Crippen LogP contribution < -0.4 is 0 Å². The monoisotopic (exact) mass is 292 g/mol. The average Bonchev–Trinajstić information content (AvgIpc) is 2.07. The maximum absolute atomic E-state index is 13.1. The van der Waals surface area contributed by atoms with Gasteiger partial charge in [0, 0.05) is 9.13 Å². The lowest BCUT2D eigenvalue weighted by atomic mass is 10.1. The maximum Gasteiger partial charge on any atom is 0.162 e. The van der Waals surface area contributed by atoms with E-state index in [1.165, 1.54) is 13.0 Å². The molecule has 0 bridgehead atoms. The first-order valence-corrected chi connectivity index (χ1v) is 4.59. The molecule has 0 saturated heterocycles. The summed E-state index contributed by atoms with van der Waals surface area (Å²) in [6, 6.07) is 2.45. The number of aldehydes is 1. The normalized spacial score (nSPS) is 9.77. The van der Waals surface area contributed by atoms with E-state index < -0.39 is 5.82 Å². The quantitative estimate of drug-likeness (QED) is 0.476. The first kappa shape index (κ1) is 10.3. The summed E-state index contributed by atoms with van der Waals surface area (Å²) in [4.78, 5) is 21.3. The highest BCUT2D eigenvalue weighted by Crippen LogP contribution is 2.17. The van der Waals surface area contributed by atoms with Gasteiger partial charge in [-0.15, -0.1) is 0 Å². The van der Waals surface area contributed by atoms with Crippen molar-refractivity contribution >= 4 is 34.7 Å². The Balaban J connectivity index is 3.36. The molecule has 0 saturated carbocycles. The summed E-state index contributed by atoms with van der Waals surface area (Å²) in [6.07, 6.45) is 0.564. The van der Waals surface area contributed by atoms with Gasteiger partial charge in [-0.1, -0.05) is 0 Å². The summed E-state index contributed by atoms with van der Waals surface area (Å²) in [7, 11) is 0. The molecule has 4 heteroatoms. The van der Waals surface area contributed by atoms with E-state index >= 15 is 0 Å². The highest BCUT2D eigenvalue weighted by Gasteiger charge is 2.10. The van der Waals surface area contributed by atoms with E-state index in [2.05, 4.69) is 0 Å². The van der Waals surface area contributed by atoms with Crippen molar-refractivity contribution in [3.63, 3.8) is 0 Å².